The van der Waals surface area contributed by atoms with Crippen LogP contribution in [0.2, 0.25) is 0 Å². The lowest BCUT2D eigenvalue weighted by Gasteiger charge is -2.29. The summed E-state index contributed by atoms with van der Waals surface area (Å²) in [5, 5.41) is 20.4. The number of nitrogens with one attached hydrogen (secondary N) is 4. The summed E-state index contributed by atoms with van der Waals surface area (Å²) in [6.45, 7) is 17.1. The van der Waals surface area contributed by atoms with Gasteiger partial charge in [-0.15, -0.1) is 0 Å². The molecule has 0 unspecified atom stereocenters. The highest BCUT2D eigenvalue weighted by Gasteiger charge is 2.34. The Balaban J connectivity index is 5.42. The maximum atomic E-state index is 13.5. The molecule has 0 aliphatic rings. The van der Waals surface area contributed by atoms with Crippen LogP contribution in [-0.4, -0.2) is 82.4 Å². The Bertz CT molecular complexity index is 1130. The fourth-order valence-electron chi connectivity index (χ4n) is 4.64. The molecule has 0 aliphatic heterocycles. The number of carboxylic acids is 1. The van der Waals surface area contributed by atoms with Crippen LogP contribution >= 0.6 is 23.5 Å². The number of hydrogen-bond acceptors (Lipinski definition) is 7. The summed E-state index contributed by atoms with van der Waals surface area (Å²) in [6, 6.07) is -3.91. The lowest BCUT2D eigenvalue weighted by molar-refractivity contribution is -0.142. The predicted octanol–water partition coefficient (Wildman–Crippen LogP) is 5.64. The van der Waals surface area contributed by atoms with Crippen molar-refractivity contribution in [1.82, 2.24) is 21.3 Å². The van der Waals surface area contributed by atoms with Gasteiger partial charge in [0.05, 0.1) is 0 Å². The van der Waals surface area contributed by atoms with Crippen LogP contribution in [0.3, 0.4) is 0 Å². The van der Waals surface area contributed by atoms with Crippen molar-refractivity contribution in [2.24, 2.45) is 11.8 Å². The number of rotatable bonds is 24. The molecular formula is C36H62N4O6S2. The van der Waals surface area contributed by atoms with Crippen molar-refractivity contribution in [2.75, 3.05) is 23.5 Å². The van der Waals surface area contributed by atoms with Crippen LogP contribution in [0.15, 0.2) is 34.9 Å². The van der Waals surface area contributed by atoms with Gasteiger partial charge in [-0.3, -0.25) is 19.2 Å². The van der Waals surface area contributed by atoms with Gasteiger partial charge >= 0.3 is 5.97 Å². The standard InChI is InChI=1S/C36H62N4O6S2/c1-11-27(8)32(35(44)38-29(36(45)46)19-20-47-10)40-34(43)31(24(4)5)39-33(42)30(37-28(9)41)22-48-21-18-26(7)17-13-16-25(6)15-12-14-23(2)3/h14,16,18,24,27,29-32H,11-13,15,17,19-22H2,1-10H3,(H,37,41)(H,38,44)(H,39,42)(H,40,43)(H,45,46)/b25-16+,26-18+/t27-,29-,30-,31-,32-/m0/s1. The van der Waals surface area contributed by atoms with E-state index in [0.29, 0.717) is 23.7 Å². The minimum atomic E-state index is -1.14. The number of hydrogen-bond donors (Lipinski definition) is 5. The Kier molecular flexibility index (Phi) is 23.8. The van der Waals surface area contributed by atoms with Gasteiger partial charge in [-0.05, 0) is 83.6 Å². The van der Waals surface area contributed by atoms with Gasteiger partial charge in [0.2, 0.25) is 23.6 Å². The molecule has 0 spiro atoms. The molecule has 5 N–H and O–H groups in total. The van der Waals surface area contributed by atoms with Crippen molar-refractivity contribution in [1.29, 1.82) is 0 Å². The van der Waals surface area contributed by atoms with Crippen LogP contribution in [0.1, 0.15) is 101 Å². The van der Waals surface area contributed by atoms with Crippen LogP contribution < -0.4 is 21.3 Å². The van der Waals surface area contributed by atoms with E-state index in [1.807, 2.05) is 13.2 Å². The molecule has 0 bridgehead atoms. The number of thioether (sulfide) groups is 2. The van der Waals surface area contributed by atoms with E-state index in [2.05, 4.69) is 67.2 Å². The largest absolute Gasteiger partial charge is 0.480 e. The maximum Gasteiger partial charge on any atom is 0.326 e. The second kappa shape index (κ2) is 25.3. The minimum absolute atomic E-state index is 0.250. The Hall–Kier alpha value is -2.73. The molecule has 274 valence electrons. The average molecular weight is 711 g/mol. The number of carbonyl (C=O) groups is 5. The first-order chi connectivity index (χ1) is 22.5. The molecule has 48 heavy (non-hydrogen) atoms. The Labute approximate surface area is 297 Å². The number of carbonyl (C=O) groups excluding carboxylic acids is 4. The lowest BCUT2D eigenvalue weighted by Crippen LogP contribution is -2.60. The van der Waals surface area contributed by atoms with E-state index in [4.69, 9.17) is 0 Å². The lowest BCUT2D eigenvalue weighted by atomic mass is 9.96. The zero-order valence-corrected chi connectivity index (χ0v) is 32.5. The highest BCUT2D eigenvalue weighted by Crippen LogP contribution is 2.15. The number of carboxylic acid groups (broad SMARTS) is 1. The topological polar surface area (TPSA) is 154 Å². The monoisotopic (exact) mass is 710 g/mol. The molecule has 0 aromatic heterocycles. The van der Waals surface area contributed by atoms with Gasteiger partial charge < -0.3 is 26.4 Å². The molecule has 0 aromatic carbocycles. The molecule has 10 nitrogen and oxygen atoms in total. The van der Waals surface area contributed by atoms with Gasteiger partial charge in [0, 0.05) is 18.4 Å². The smallest absolute Gasteiger partial charge is 0.326 e. The highest BCUT2D eigenvalue weighted by molar-refractivity contribution is 7.99. The van der Waals surface area contributed by atoms with E-state index in [1.165, 1.54) is 47.2 Å². The highest BCUT2D eigenvalue weighted by atomic mass is 32.2. The number of amides is 4. The Morgan fingerprint density at radius 2 is 1.29 bits per heavy atom. The summed E-state index contributed by atoms with van der Waals surface area (Å²) < 4.78 is 0. The summed E-state index contributed by atoms with van der Waals surface area (Å²) in [5.74, 6) is -2.20. The van der Waals surface area contributed by atoms with E-state index in [1.54, 1.807) is 20.8 Å². The first-order valence-corrected chi connectivity index (χ1v) is 19.5. The summed E-state index contributed by atoms with van der Waals surface area (Å²) in [5.41, 5.74) is 3.98. The molecule has 0 aromatic rings. The van der Waals surface area contributed by atoms with E-state index in [-0.39, 0.29) is 24.2 Å². The molecule has 0 heterocycles. The maximum absolute atomic E-state index is 13.5. The fraction of sp³-hybridized carbons (Fsp3) is 0.694. The van der Waals surface area contributed by atoms with Crippen molar-refractivity contribution in [3.05, 3.63) is 34.9 Å². The summed E-state index contributed by atoms with van der Waals surface area (Å²) in [6.07, 6.45) is 13.4. The second-order valence-electron chi connectivity index (χ2n) is 13.0. The predicted molar refractivity (Wildman–Crippen MR) is 201 cm³/mol. The molecule has 12 heteroatoms. The van der Waals surface area contributed by atoms with Gasteiger partial charge in [-0.1, -0.05) is 69.1 Å². The molecule has 0 aliphatic carbocycles. The van der Waals surface area contributed by atoms with E-state index < -0.39 is 47.9 Å². The van der Waals surface area contributed by atoms with Crippen molar-refractivity contribution in [2.45, 2.75) is 125 Å². The van der Waals surface area contributed by atoms with Crippen LogP contribution in [-0.2, 0) is 24.0 Å². The third kappa shape index (κ3) is 19.9. The van der Waals surface area contributed by atoms with Gasteiger partial charge in [0.15, 0.2) is 0 Å². The number of aliphatic carboxylic acids is 1. The third-order valence-electron chi connectivity index (χ3n) is 7.92. The molecule has 0 rings (SSSR count). The van der Waals surface area contributed by atoms with E-state index >= 15 is 0 Å². The molecular weight excluding hydrogens is 649 g/mol. The van der Waals surface area contributed by atoms with Crippen LogP contribution in [0.4, 0.5) is 0 Å². The molecule has 0 radical (unpaired) electrons. The zero-order chi connectivity index (χ0) is 36.8. The van der Waals surface area contributed by atoms with Gasteiger partial charge in [0.1, 0.15) is 24.2 Å². The summed E-state index contributed by atoms with van der Waals surface area (Å²) >= 11 is 2.99. The normalized spacial score (nSPS) is 15.1. The van der Waals surface area contributed by atoms with Crippen molar-refractivity contribution >= 4 is 53.1 Å². The quantitative estimate of drug-likeness (QED) is 0.0638. The Morgan fingerprint density at radius 3 is 1.81 bits per heavy atom. The first-order valence-electron chi connectivity index (χ1n) is 17.0. The summed E-state index contributed by atoms with van der Waals surface area (Å²) in [7, 11) is 0. The van der Waals surface area contributed by atoms with Gasteiger partial charge in [-0.2, -0.15) is 23.5 Å². The van der Waals surface area contributed by atoms with E-state index in [9.17, 15) is 29.1 Å². The average Bonchev–Trinajstić information content (AvgIpc) is 3.00. The van der Waals surface area contributed by atoms with Crippen LogP contribution in [0.5, 0.6) is 0 Å². The molecule has 5 atom stereocenters. The molecule has 4 amide bonds. The molecule has 0 fully saturated rings. The first kappa shape index (κ1) is 45.3. The van der Waals surface area contributed by atoms with Crippen molar-refractivity contribution in [3.8, 4) is 0 Å². The zero-order valence-electron chi connectivity index (χ0n) is 30.9. The van der Waals surface area contributed by atoms with Crippen molar-refractivity contribution in [3.63, 3.8) is 0 Å². The second-order valence-corrected chi connectivity index (χ2v) is 15.1. The number of allylic oxidation sites excluding steroid dienone is 5. The van der Waals surface area contributed by atoms with E-state index in [0.717, 1.165) is 25.7 Å². The van der Waals surface area contributed by atoms with Gasteiger partial charge in [-0.25, -0.2) is 4.79 Å². The SMILES string of the molecule is CC[C@H](C)[C@H](NC(=O)[C@@H](NC(=O)[C@H](CSC/C=C(\C)CC/C=C(\C)CCC=C(C)C)NC(C)=O)C(C)C)C(=O)N[C@@H](CCSC)C(=O)O. The fourth-order valence-corrected chi connectivity index (χ4v) is 6.12. The molecule has 0 saturated heterocycles. The van der Waals surface area contributed by atoms with Crippen LogP contribution in [0, 0.1) is 11.8 Å². The van der Waals surface area contributed by atoms with Gasteiger partial charge in [0.25, 0.3) is 0 Å². The minimum Gasteiger partial charge on any atom is -0.480 e. The Morgan fingerprint density at radius 1 is 0.729 bits per heavy atom. The third-order valence-corrected chi connectivity index (χ3v) is 9.53. The summed E-state index contributed by atoms with van der Waals surface area (Å²) in [4.78, 5) is 63.8. The van der Waals surface area contributed by atoms with Crippen LogP contribution in [0.25, 0.3) is 0 Å². The van der Waals surface area contributed by atoms with Crippen molar-refractivity contribution < 1.29 is 29.1 Å². The molecule has 0 saturated carbocycles.